The molecule has 0 saturated carbocycles. The molecule has 19 heavy (non-hydrogen) atoms. The van der Waals surface area contributed by atoms with Crippen molar-refractivity contribution in [1.82, 2.24) is 4.90 Å². The van der Waals surface area contributed by atoms with E-state index in [0.717, 1.165) is 6.54 Å². The molecule has 1 rings (SSSR count). The Balaban J connectivity index is 2.46. The minimum Gasteiger partial charge on any atom is -0.389 e. The molecule has 0 unspecified atom stereocenters. The van der Waals surface area contributed by atoms with Gasteiger partial charge in [-0.05, 0) is 32.9 Å². The van der Waals surface area contributed by atoms with E-state index in [1.165, 1.54) is 9.75 Å². The normalized spacial score (nSPS) is 13.2. The van der Waals surface area contributed by atoms with Crippen LogP contribution < -0.4 is 0 Å². The highest BCUT2D eigenvalue weighted by molar-refractivity contribution is 7.11. The van der Waals surface area contributed by atoms with Crippen molar-refractivity contribution in [2.75, 3.05) is 19.8 Å². The van der Waals surface area contributed by atoms with Gasteiger partial charge in [0.2, 0.25) is 0 Å². The molecule has 0 aliphatic heterocycles. The zero-order valence-corrected chi connectivity index (χ0v) is 12.9. The van der Waals surface area contributed by atoms with E-state index in [4.69, 9.17) is 4.74 Å². The lowest BCUT2D eigenvalue weighted by Crippen LogP contribution is -2.38. The van der Waals surface area contributed by atoms with Gasteiger partial charge >= 0.3 is 0 Å². The lowest BCUT2D eigenvalue weighted by molar-refractivity contribution is 0.0181. The average molecular weight is 283 g/mol. The number of aliphatic hydroxyl groups is 1. The third-order valence-electron chi connectivity index (χ3n) is 2.88. The molecule has 0 bridgehead atoms. The Labute approximate surface area is 120 Å². The second kappa shape index (κ2) is 8.48. The quantitative estimate of drug-likeness (QED) is 0.559. The maximum Gasteiger partial charge on any atom is 0.0900 e. The van der Waals surface area contributed by atoms with Gasteiger partial charge in [-0.2, -0.15) is 0 Å². The predicted octanol–water partition coefficient (Wildman–Crippen LogP) is 2.83. The van der Waals surface area contributed by atoms with Crippen molar-refractivity contribution in [3.05, 3.63) is 34.5 Å². The van der Waals surface area contributed by atoms with Crippen molar-refractivity contribution in [3.8, 4) is 0 Å². The van der Waals surface area contributed by atoms with Crippen LogP contribution in [0.15, 0.2) is 24.8 Å². The van der Waals surface area contributed by atoms with Crippen molar-refractivity contribution >= 4 is 11.3 Å². The van der Waals surface area contributed by atoms with Gasteiger partial charge in [0.15, 0.2) is 0 Å². The number of rotatable bonds is 9. The molecule has 0 fully saturated rings. The summed E-state index contributed by atoms with van der Waals surface area (Å²) in [7, 11) is 0. The summed E-state index contributed by atoms with van der Waals surface area (Å²) >= 11 is 1.81. The van der Waals surface area contributed by atoms with Crippen LogP contribution >= 0.6 is 11.3 Å². The molecule has 0 amide bonds. The van der Waals surface area contributed by atoms with Crippen molar-refractivity contribution in [3.63, 3.8) is 0 Å². The van der Waals surface area contributed by atoms with E-state index in [0.29, 0.717) is 25.8 Å². The second-order valence-corrected chi connectivity index (χ2v) is 6.39. The zero-order valence-electron chi connectivity index (χ0n) is 12.1. The van der Waals surface area contributed by atoms with Crippen LogP contribution in [0.1, 0.15) is 23.6 Å². The Kier molecular flexibility index (Phi) is 7.31. The molecular formula is C15H25NO2S. The molecule has 0 spiro atoms. The predicted molar refractivity (Wildman–Crippen MR) is 81.6 cm³/mol. The minimum absolute atomic E-state index is 0.360. The van der Waals surface area contributed by atoms with Gasteiger partial charge < -0.3 is 9.84 Å². The SMILES string of the molecule is C=CCOC[C@H](O)CN(Cc1ccc(C)s1)C(C)C. The highest BCUT2D eigenvalue weighted by atomic mass is 32.1. The number of thiophene rings is 1. The third kappa shape index (κ3) is 6.34. The van der Waals surface area contributed by atoms with Gasteiger partial charge in [0.1, 0.15) is 0 Å². The zero-order chi connectivity index (χ0) is 14.3. The maximum atomic E-state index is 9.98. The Hall–Kier alpha value is -0.680. The first-order valence-electron chi connectivity index (χ1n) is 6.69. The van der Waals surface area contributed by atoms with Gasteiger partial charge in [0.25, 0.3) is 0 Å². The van der Waals surface area contributed by atoms with Crippen molar-refractivity contribution in [1.29, 1.82) is 0 Å². The summed E-state index contributed by atoms with van der Waals surface area (Å²) in [5.74, 6) is 0. The Morgan fingerprint density at radius 3 is 2.74 bits per heavy atom. The van der Waals surface area contributed by atoms with Crippen LogP contribution in [-0.4, -0.2) is 41.9 Å². The maximum absolute atomic E-state index is 9.98. The van der Waals surface area contributed by atoms with Crippen LogP contribution in [-0.2, 0) is 11.3 Å². The van der Waals surface area contributed by atoms with E-state index in [1.54, 1.807) is 6.08 Å². The van der Waals surface area contributed by atoms with Crippen molar-refractivity contribution in [2.45, 2.75) is 39.5 Å². The number of nitrogens with zero attached hydrogens (tertiary/aromatic N) is 1. The molecule has 108 valence electrons. The van der Waals surface area contributed by atoms with E-state index in [2.05, 4.69) is 44.4 Å². The lowest BCUT2D eigenvalue weighted by Gasteiger charge is -2.28. The fourth-order valence-electron chi connectivity index (χ4n) is 1.84. The van der Waals surface area contributed by atoms with Crippen LogP contribution in [0, 0.1) is 6.92 Å². The summed E-state index contributed by atoms with van der Waals surface area (Å²) in [6.45, 7) is 12.4. The summed E-state index contributed by atoms with van der Waals surface area (Å²) in [6, 6.07) is 4.70. The number of hydrogen-bond acceptors (Lipinski definition) is 4. The summed E-state index contributed by atoms with van der Waals surface area (Å²) in [4.78, 5) is 4.94. The summed E-state index contributed by atoms with van der Waals surface area (Å²) in [5.41, 5.74) is 0. The van der Waals surface area contributed by atoms with Crippen LogP contribution in [0.2, 0.25) is 0 Å². The molecule has 4 heteroatoms. The van der Waals surface area contributed by atoms with Gasteiger partial charge in [-0.3, -0.25) is 4.90 Å². The molecule has 1 aromatic heterocycles. The third-order valence-corrected chi connectivity index (χ3v) is 3.86. The molecule has 1 aromatic rings. The van der Waals surface area contributed by atoms with Crippen LogP contribution in [0.4, 0.5) is 0 Å². The number of ether oxygens (including phenoxy) is 1. The largest absolute Gasteiger partial charge is 0.389 e. The molecule has 3 nitrogen and oxygen atoms in total. The number of aryl methyl sites for hydroxylation is 1. The van der Waals surface area contributed by atoms with E-state index >= 15 is 0 Å². The van der Waals surface area contributed by atoms with E-state index in [9.17, 15) is 5.11 Å². The average Bonchev–Trinajstić information content (AvgIpc) is 2.74. The summed E-state index contributed by atoms with van der Waals surface area (Å²) in [6.07, 6.45) is 1.24. The van der Waals surface area contributed by atoms with Crippen LogP contribution in [0.5, 0.6) is 0 Å². The first kappa shape index (κ1) is 16.4. The molecule has 0 aliphatic rings. The monoisotopic (exact) mass is 283 g/mol. The van der Waals surface area contributed by atoms with Crippen molar-refractivity contribution in [2.24, 2.45) is 0 Å². The summed E-state index contributed by atoms with van der Waals surface area (Å²) in [5, 5.41) is 9.98. The topological polar surface area (TPSA) is 32.7 Å². The molecule has 1 heterocycles. The van der Waals surface area contributed by atoms with Crippen LogP contribution in [0.25, 0.3) is 0 Å². The van der Waals surface area contributed by atoms with Gasteiger partial charge in [0.05, 0.1) is 19.3 Å². The first-order valence-corrected chi connectivity index (χ1v) is 7.50. The Bertz CT molecular complexity index is 376. The second-order valence-electron chi connectivity index (χ2n) is 5.02. The molecule has 0 saturated heterocycles. The Morgan fingerprint density at radius 2 is 2.21 bits per heavy atom. The van der Waals surface area contributed by atoms with E-state index in [-0.39, 0.29) is 0 Å². The summed E-state index contributed by atoms with van der Waals surface area (Å²) < 4.78 is 5.29. The smallest absolute Gasteiger partial charge is 0.0900 e. The first-order chi connectivity index (χ1) is 9.02. The van der Waals surface area contributed by atoms with E-state index < -0.39 is 6.10 Å². The highest BCUT2D eigenvalue weighted by Crippen LogP contribution is 2.18. The molecule has 0 aliphatic carbocycles. The van der Waals surface area contributed by atoms with Crippen molar-refractivity contribution < 1.29 is 9.84 Å². The molecular weight excluding hydrogens is 258 g/mol. The molecule has 0 radical (unpaired) electrons. The minimum atomic E-state index is -0.455. The van der Waals surface area contributed by atoms with E-state index in [1.807, 2.05) is 11.3 Å². The lowest BCUT2D eigenvalue weighted by atomic mass is 10.2. The fourth-order valence-corrected chi connectivity index (χ4v) is 2.76. The molecule has 0 aromatic carbocycles. The number of hydrogen-bond donors (Lipinski definition) is 1. The van der Waals surface area contributed by atoms with Gasteiger partial charge in [-0.25, -0.2) is 0 Å². The standard InChI is InChI=1S/C15H25NO2S/c1-5-8-18-11-14(17)9-16(12(2)3)10-15-7-6-13(4)19-15/h5-7,12,14,17H,1,8-11H2,2-4H3/t14-/m1/s1. The van der Waals surface area contributed by atoms with Gasteiger partial charge in [0, 0.05) is 28.9 Å². The Morgan fingerprint density at radius 1 is 1.47 bits per heavy atom. The highest BCUT2D eigenvalue weighted by Gasteiger charge is 2.16. The van der Waals surface area contributed by atoms with Gasteiger partial charge in [-0.15, -0.1) is 17.9 Å². The number of aliphatic hydroxyl groups excluding tert-OH is 1. The van der Waals surface area contributed by atoms with Crippen LogP contribution in [0.3, 0.4) is 0 Å². The molecule has 1 atom stereocenters. The molecule has 1 N–H and O–H groups in total. The van der Waals surface area contributed by atoms with Gasteiger partial charge in [-0.1, -0.05) is 6.08 Å². The fraction of sp³-hybridized carbons (Fsp3) is 0.600.